The van der Waals surface area contributed by atoms with E-state index < -0.39 is 0 Å². The van der Waals surface area contributed by atoms with Gasteiger partial charge in [0, 0.05) is 28.5 Å². The van der Waals surface area contributed by atoms with Crippen LogP contribution in [0.3, 0.4) is 0 Å². The largest absolute Gasteiger partial charge is 0.451 e. The lowest BCUT2D eigenvalue weighted by molar-refractivity contribution is 0.0696. The number of hydrogen-bond acceptors (Lipinski definition) is 2. The second kappa shape index (κ2) is 4.92. The van der Waals surface area contributed by atoms with E-state index in [0.29, 0.717) is 11.7 Å². The van der Waals surface area contributed by atoms with Crippen LogP contribution in [0.25, 0.3) is 11.0 Å². The number of hydrogen-bond donors (Lipinski definition) is 0. The Hall–Kier alpha value is -1.29. The summed E-state index contributed by atoms with van der Waals surface area (Å²) in [5.74, 6) is 1.10. The molecule has 3 nitrogen and oxygen atoms in total. The number of nitrogens with zero attached hydrogens (tertiary/aromatic N) is 1. The van der Waals surface area contributed by atoms with Crippen LogP contribution in [0.5, 0.6) is 0 Å². The van der Waals surface area contributed by atoms with Gasteiger partial charge in [0.1, 0.15) is 5.58 Å². The summed E-state index contributed by atoms with van der Waals surface area (Å²) < 4.78 is 6.77. The zero-order chi connectivity index (χ0) is 14.4. The number of carbonyl (C=O) groups is 1. The number of benzene rings is 1. The lowest BCUT2D eigenvalue weighted by Gasteiger charge is -2.24. The molecule has 1 amide bonds. The van der Waals surface area contributed by atoms with Crippen molar-refractivity contribution < 1.29 is 9.21 Å². The fraction of sp³-hybridized carbons (Fsp3) is 0.438. The number of carbonyl (C=O) groups excluding carboxylic acids is 1. The third kappa shape index (κ3) is 2.26. The Bertz CT molecular complexity index is 672. The van der Waals surface area contributed by atoms with E-state index in [4.69, 9.17) is 4.42 Å². The Balaban J connectivity index is 1.96. The van der Waals surface area contributed by atoms with Gasteiger partial charge in [-0.05, 0) is 50.8 Å². The van der Waals surface area contributed by atoms with Gasteiger partial charge in [-0.25, -0.2) is 0 Å². The summed E-state index contributed by atoms with van der Waals surface area (Å²) in [4.78, 5) is 14.4. The van der Waals surface area contributed by atoms with Crippen molar-refractivity contribution in [3.8, 4) is 0 Å². The molecule has 2 aromatic rings. The molecule has 1 aliphatic carbocycles. The smallest absolute Gasteiger partial charge is 0.289 e. The van der Waals surface area contributed by atoms with Gasteiger partial charge in [0.25, 0.3) is 5.91 Å². The van der Waals surface area contributed by atoms with E-state index in [-0.39, 0.29) is 11.9 Å². The maximum atomic E-state index is 12.6. The first-order valence-corrected chi connectivity index (χ1v) is 7.74. The minimum atomic E-state index is -0.0192. The number of fused-ring (bicyclic) bond motifs is 1. The molecule has 0 radical (unpaired) electrons. The number of aryl methyl sites for hydroxylation is 1. The average molecular weight is 336 g/mol. The van der Waals surface area contributed by atoms with Crippen molar-refractivity contribution in [3.63, 3.8) is 0 Å². The Kier molecular flexibility index (Phi) is 3.36. The summed E-state index contributed by atoms with van der Waals surface area (Å²) in [5, 5.41) is 0.996. The number of furan rings is 1. The Morgan fingerprint density at radius 2 is 2.15 bits per heavy atom. The van der Waals surface area contributed by atoms with Gasteiger partial charge in [-0.1, -0.05) is 15.9 Å². The van der Waals surface area contributed by atoms with E-state index in [9.17, 15) is 4.79 Å². The van der Waals surface area contributed by atoms with Crippen LogP contribution in [0.15, 0.2) is 27.1 Å². The number of rotatable bonds is 3. The first-order valence-electron chi connectivity index (χ1n) is 6.95. The normalized spacial score (nSPS) is 16.4. The molecule has 0 bridgehead atoms. The summed E-state index contributed by atoms with van der Waals surface area (Å²) in [7, 11) is 1.87. The van der Waals surface area contributed by atoms with Crippen LogP contribution >= 0.6 is 15.9 Å². The minimum Gasteiger partial charge on any atom is -0.451 e. The number of amides is 1. The van der Waals surface area contributed by atoms with Gasteiger partial charge in [-0.2, -0.15) is 0 Å². The molecule has 1 fully saturated rings. The molecule has 1 aliphatic rings. The molecule has 1 saturated carbocycles. The molecule has 0 N–H and O–H groups in total. The first-order chi connectivity index (χ1) is 9.49. The maximum Gasteiger partial charge on any atom is 0.289 e. The van der Waals surface area contributed by atoms with Crippen LogP contribution in [0.4, 0.5) is 0 Å². The van der Waals surface area contributed by atoms with Crippen molar-refractivity contribution >= 4 is 32.8 Å². The lowest BCUT2D eigenvalue weighted by Crippen LogP contribution is -2.36. The quantitative estimate of drug-likeness (QED) is 0.834. The average Bonchev–Trinajstić information content (AvgIpc) is 3.23. The van der Waals surface area contributed by atoms with Crippen LogP contribution in [-0.4, -0.2) is 23.9 Å². The van der Waals surface area contributed by atoms with Crippen molar-refractivity contribution in [1.82, 2.24) is 4.90 Å². The molecule has 1 unspecified atom stereocenters. The molecule has 0 saturated heterocycles. The van der Waals surface area contributed by atoms with Crippen LogP contribution in [-0.2, 0) is 0 Å². The van der Waals surface area contributed by atoms with E-state index in [0.717, 1.165) is 21.0 Å². The highest BCUT2D eigenvalue weighted by atomic mass is 79.9. The highest BCUT2D eigenvalue weighted by Gasteiger charge is 2.34. The third-order valence-electron chi connectivity index (χ3n) is 4.33. The van der Waals surface area contributed by atoms with Crippen LogP contribution < -0.4 is 0 Å². The van der Waals surface area contributed by atoms with Crippen LogP contribution in [0.1, 0.15) is 35.9 Å². The van der Waals surface area contributed by atoms with Crippen molar-refractivity contribution in [3.05, 3.63) is 34.0 Å². The molecule has 1 aromatic carbocycles. The standard InChI is InChI=1S/C16H18BrNO2/c1-9-13-8-12(17)6-7-14(13)20-15(9)16(19)18(3)10(2)11-4-5-11/h6-8,10-11H,4-5H2,1-3H3. The topological polar surface area (TPSA) is 33.5 Å². The SMILES string of the molecule is Cc1c(C(=O)N(C)C(C)C2CC2)oc2ccc(Br)cc12. The summed E-state index contributed by atoms with van der Waals surface area (Å²) >= 11 is 3.46. The van der Waals surface area contributed by atoms with E-state index in [1.165, 1.54) is 12.8 Å². The van der Waals surface area contributed by atoms with E-state index in [2.05, 4.69) is 22.9 Å². The van der Waals surface area contributed by atoms with Crippen LogP contribution in [0.2, 0.25) is 0 Å². The maximum absolute atomic E-state index is 12.6. The van der Waals surface area contributed by atoms with Crippen molar-refractivity contribution in [2.24, 2.45) is 5.92 Å². The van der Waals surface area contributed by atoms with Gasteiger partial charge >= 0.3 is 0 Å². The third-order valence-corrected chi connectivity index (χ3v) is 4.82. The van der Waals surface area contributed by atoms with E-state index >= 15 is 0 Å². The predicted octanol–water partition coefficient (Wildman–Crippen LogP) is 4.37. The van der Waals surface area contributed by atoms with Crippen molar-refractivity contribution in [1.29, 1.82) is 0 Å². The second-order valence-electron chi connectivity index (χ2n) is 5.69. The van der Waals surface area contributed by atoms with E-state index in [1.807, 2.05) is 37.1 Å². The predicted molar refractivity (Wildman–Crippen MR) is 82.9 cm³/mol. The molecule has 106 valence electrons. The van der Waals surface area contributed by atoms with Gasteiger partial charge in [0.15, 0.2) is 5.76 Å². The highest BCUT2D eigenvalue weighted by Crippen LogP contribution is 2.36. The molecule has 3 rings (SSSR count). The first kappa shape index (κ1) is 13.7. The fourth-order valence-corrected chi connectivity index (χ4v) is 3.00. The van der Waals surface area contributed by atoms with Crippen LogP contribution in [0, 0.1) is 12.8 Å². The Morgan fingerprint density at radius 1 is 1.45 bits per heavy atom. The Labute approximate surface area is 127 Å². The fourth-order valence-electron chi connectivity index (χ4n) is 2.64. The molecular formula is C16H18BrNO2. The zero-order valence-electron chi connectivity index (χ0n) is 11.9. The lowest BCUT2D eigenvalue weighted by atomic mass is 10.1. The van der Waals surface area contributed by atoms with Gasteiger partial charge in [-0.3, -0.25) is 4.79 Å². The molecule has 0 spiro atoms. The molecule has 1 atom stereocenters. The second-order valence-corrected chi connectivity index (χ2v) is 6.61. The summed E-state index contributed by atoms with van der Waals surface area (Å²) in [6, 6.07) is 6.10. The van der Waals surface area contributed by atoms with Gasteiger partial charge in [0.2, 0.25) is 0 Å². The van der Waals surface area contributed by atoms with Gasteiger partial charge < -0.3 is 9.32 Å². The van der Waals surface area contributed by atoms with Gasteiger partial charge in [0.05, 0.1) is 0 Å². The monoisotopic (exact) mass is 335 g/mol. The molecule has 20 heavy (non-hydrogen) atoms. The molecule has 0 aliphatic heterocycles. The molecule has 1 aromatic heterocycles. The summed E-state index contributed by atoms with van der Waals surface area (Å²) in [6.07, 6.45) is 2.45. The minimum absolute atomic E-state index is 0.0192. The molecular weight excluding hydrogens is 318 g/mol. The highest BCUT2D eigenvalue weighted by molar-refractivity contribution is 9.10. The summed E-state index contributed by atoms with van der Waals surface area (Å²) in [6.45, 7) is 4.06. The molecule has 1 heterocycles. The van der Waals surface area contributed by atoms with Crippen molar-refractivity contribution in [2.45, 2.75) is 32.7 Å². The van der Waals surface area contributed by atoms with Crippen molar-refractivity contribution in [2.75, 3.05) is 7.05 Å². The Morgan fingerprint density at radius 3 is 2.80 bits per heavy atom. The van der Waals surface area contributed by atoms with Gasteiger partial charge in [-0.15, -0.1) is 0 Å². The van der Waals surface area contributed by atoms with E-state index in [1.54, 1.807) is 0 Å². The zero-order valence-corrected chi connectivity index (χ0v) is 13.5. The molecule has 4 heteroatoms. The summed E-state index contributed by atoms with van der Waals surface area (Å²) in [5.41, 5.74) is 1.68. The number of halogens is 1.